The van der Waals surface area contributed by atoms with Crippen LogP contribution >= 0.6 is 0 Å². The Morgan fingerprint density at radius 2 is 1.67 bits per heavy atom. The average Bonchev–Trinajstić information content (AvgIpc) is 2.78. The molecule has 0 spiro atoms. The predicted molar refractivity (Wildman–Crippen MR) is 122 cm³/mol. The molecule has 5 nitrogen and oxygen atoms in total. The van der Waals surface area contributed by atoms with Gasteiger partial charge in [-0.25, -0.2) is 0 Å². The lowest BCUT2D eigenvalue weighted by atomic mass is 10.1. The van der Waals surface area contributed by atoms with Crippen molar-refractivity contribution in [3.8, 4) is 5.75 Å². The number of carbonyl (C=O) groups excluding carboxylic acids is 1. The van der Waals surface area contributed by atoms with Gasteiger partial charge in [-0.15, -0.1) is 0 Å². The summed E-state index contributed by atoms with van der Waals surface area (Å²) in [5.41, 5.74) is 3.24. The van der Waals surface area contributed by atoms with Crippen molar-refractivity contribution >= 4 is 11.6 Å². The van der Waals surface area contributed by atoms with Gasteiger partial charge in [-0.3, -0.25) is 9.69 Å². The topological polar surface area (TPSA) is 53.6 Å². The van der Waals surface area contributed by atoms with Gasteiger partial charge in [0, 0.05) is 24.8 Å². The fourth-order valence-electron chi connectivity index (χ4n) is 3.32. The van der Waals surface area contributed by atoms with Crippen LogP contribution in [0.15, 0.2) is 84.9 Å². The van der Waals surface area contributed by atoms with Gasteiger partial charge in [0.1, 0.15) is 5.75 Å². The number of nitrogens with zero attached hydrogens (tertiary/aromatic N) is 1. The molecule has 3 aromatic rings. The predicted octanol–water partition coefficient (Wildman–Crippen LogP) is 4.10. The third kappa shape index (κ3) is 6.64. The standard InChI is InChI=1S/C25H29N3O2/c1-28(18-20-10-5-3-6-11-20)19-25(29)26-17-24(21-12-7-4-8-13-21)27-22-14-9-15-23(16-22)30-2/h3-16,24,27H,17-19H2,1-2H3,(H,26,29). The van der Waals surface area contributed by atoms with E-state index in [0.29, 0.717) is 13.1 Å². The summed E-state index contributed by atoms with van der Waals surface area (Å²) in [5, 5.41) is 6.58. The minimum absolute atomic E-state index is 0.00167. The molecule has 1 amide bonds. The molecule has 1 unspecified atom stereocenters. The molecule has 0 bridgehead atoms. The Kier molecular flexibility index (Phi) is 7.86. The van der Waals surface area contributed by atoms with Crippen LogP contribution in [-0.2, 0) is 11.3 Å². The molecule has 0 aliphatic rings. The Balaban J connectivity index is 1.59. The zero-order chi connectivity index (χ0) is 21.2. The SMILES string of the molecule is COc1cccc(NC(CNC(=O)CN(C)Cc2ccccc2)c2ccccc2)c1. The molecule has 0 aliphatic heterocycles. The smallest absolute Gasteiger partial charge is 0.234 e. The number of benzene rings is 3. The number of nitrogens with one attached hydrogen (secondary N) is 2. The van der Waals surface area contributed by atoms with Crippen molar-refractivity contribution in [3.05, 3.63) is 96.1 Å². The molecule has 1 atom stereocenters. The highest BCUT2D eigenvalue weighted by Crippen LogP contribution is 2.22. The summed E-state index contributed by atoms with van der Waals surface area (Å²) < 4.78 is 5.32. The Labute approximate surface area is 178 Å². The van der Waals surface area contributed by atoms with Crippen LogP contribution in [0.1, 0.15) is 17.2 Å². The lowest BCUT2D eigenvalue weighted by Gasteiger charge is -2.22. The lowest BCUT2D eigenvalue weighted by Crippen LogP contribution is -2.38. The second kappa shape index (κ2) is 11.0. The summed E-state index contributed by atoms with van der Waals surface area (Å²) in [6.07, 6.45) is 0. The highest BCUT2D eigenvalue weighted by Gasteiger charge is 2.14. The Morgan fingerprint density at radius 1 is 0.967 bits per heavy atom. The first-order valence-electron chi connectivity index (χ1n) is 10.1. The van der Waals surface area contributed by atoms with Crippen LogP contribution < -0.4 is 15.4 Å². The molecule has 0 saturated heterocycles. The number of anilines is 1. The Bertz CT molecular complexity index is 916. The van der Waals surface area contributed by atoms with E-state index in [1.807, 2.05) is 72.6 Å². The summed E-state index contributed by atoms with van der Waals surface area (Å²) >= 11 is 0. The number of ether oxygens (including phenoxy) is 1. The molecule has 3 rings (SSSR count). The molecule has 0 saturated carbocycles. The Hall–Kier alpha value is -3.31. The average molecular weight is 404 g/mol. The van der Waals surface area contributed by atoms with Gasteiger partial charge in [0.2, 0.25) is 5.91 Å². The van der Waals surface area contributed by atoms with Crippen molar-refractivity contribution in [1.82, 2.24) is 10.2 Å². The van der Waals surface area contributed by atoms with Gasteiger partial charge in [-0.2, -0.15) is 0 Å². The third-order valence-electron chi connectivity index (χ3n) is 4.82. The zero-order valence-corrected chi connectivity index (χ0v) is 17.5. The third-order valence-corrected chi connectivity index (χ3v) is 4.82. The summed E-state index contributed by atoms with van der Waals surface area (Å²) in [4.78, 5) is 14.5. The van der Waals surface area contributed by atoms with Crippen LogP contribution in [0.25, 0.3) is 0 Å². The van der Waals surface area contributed by atoms with E-state index in [9.17, 15) is 4.79 Å². The zero-order valence-electron chi connectivity index (χ0n) is 17.5. The highest BCUT2D eigenvalue weighted by atomic mass is 16.5. The van der Waals surface area contributed by atoms with Crippen molar-refractivity contribution in [1.29, 1.82) is 0 Å². The number of methoxy groups -OCH3 is 1. The maximum Gasteiger partial charge on any atom is 0.234 e. The second-order valence-electron chi connectivity index (χ2n) is 7.30. The minimum Gasteiger partial charge on any atom is -0.497 e. The number of hydrogen-bond acceptors (Lipinski definition) is 4. The molecule has 30 heavy (non-hydrogen) atoms. The van der Waals surface area contributed by atoms with Crippen LogP contribution in [0.2, 0.25) is 0 Å². The fraction of sp³-hybridized carbons (Fsp3) is 0.240. The van der Waals surface area contributed by atoms with Crippen molar-refractivity contribution < 1.29 is 9.53 Å². The molecule has 0 heterocycles. The first-order valence-corrected chi connectivity index (χ1v) is 10.1. The van der Waals surface area contributed by atoms with E-state index in [2.05, 4.69) is 34.9 Å². The van der Waals surface area contributed by atoms with Crippen LogP contribution in [-0.4, -0.2) is 38.1 Å². The number of amides is 1. The van der Waals surface area contributed by atoms with Crippen LogP contribution in [0, 0.1) is 0 Å². The first kappa shape index (κ1) is 21.4. The number of hydrogen-bond donors (Lipinski definition) is 2. The molecule has 0 aliphatic carbocycles. The van der Waals surface area contributed by atoms with Gasteiger partial charge in [0.05, 0.1) is 19.7 Å². The number of likely N-dealkylation sites (N-methyl/N-ethyl adjacent to an activating group) is 1. The monoisotopic (exact) mass is 403 g/mol. The molecule has 2 N–H and O–H groups in total. The van der Waals surface area contributed by atoms with Crippen LogP contribution in [0.3, 0.4) is 0 Å². The number of carbonyl (C=O) groups is 1. The molecular formula is C25H29N3O2. The van der Waals surface area contributed by atoms with E-state index in [4.69, 9.17) is 4.74 Å². The van der Waals surface area contributed by atoms with Gasteiger partial charge in [0.25, 0.3) is 0 Å². The fourth-order valence-corrected chi connectivity index (χ4v) is 3.32. The maximum absolute atomic E-state index is 12.5. The summed E-state index contributed by atoms with van der Waals surface area (Å²) in [6, 6.07) is 28.0. The first-order chi connectivity index (χ1) is 14.6. The molecule has 156 valence electrons. The molecule has 0 aromatic heterocycles. The highest BCUT2D eigenvalue weighted by molar-refractivity contribution is 5.78. The quantitative estimate of drug-likeness (QED) is 0.535. The normalized spacial score (nSPS) is 11.7. The van der Waals surface area contributed by atoms with Crippen molar-refractivity contribution in [2.75, 3.05) is 32.6 Å². The minimum atomic E-state index is -0.0540. The lowest BCUT2D eigenvalue weighted by molar-refractivity contribution is -0.122. The summed E-state index contributed by atoms with van der Waals surface area (Å²) in [7, 11) is 3.61. The molecule has 5 heteroatoms. The van der Waals surface area contributed by atoms with Crippen molar-refractivity contribution in [2.45, 2.75) is 12.6 Å². The molecule has 0 fully saturated rings. The molecular weight excluding hydrogens is 374 g/mol. The maximum atomic E-state index is 12.5. The van der Waals surface area contributed by atoms with E-state index >= 15 is 0 Å². The van der Waals surface area contributed by atoms with Crippen LogP contribution in [0.4, 0.5) is 5.69 Å². The van der Waals surface area contributed by atoms with Crippen molar-refractivity contribution in [2.24, 2.45) is 0 Å². The number of rotatable bonds is 10. The van der Waals surface area contributed by atoms with E-state index in [1.54, 1.807) is 7.11 Å². The van der Waals surface area contributed by atoms with Gasteiger partial charge < -0.3 is 15.4 Å². The van der Waals surface area contributed by atoms with Crippen LogP contribution in [0.5, 0.6) is 5.75 Å². The van der Waals surface area contributed by atoms with E-state index in [1.165, 1.54) is 5.56 Å². The van der Waals surface area contributed by atoms with Gasteiger partial charge >= 0.3 is 0 Å². The summed E-state index contributed by atoms with van der Waals surface area (Å²) in [5.74, 6) is 0.792. The summed E-state index contributed by atoms with van der Waals surface area (Å²) in [6.45, 7) is 1.56. The van der Waals surface area contributed by atoms with Gasteiger partial charge in [0.15, 0.2) is 0 Å². The van der Waals surface area contributed by atoms with E-state index in [-0.39, 0.29) is 11.9 Å². The van der Waals surface area contributed by atoms with E-state index < -0.39 is 0 Å². The second-order valence-corrected chi connectivity index (χ2v) is 7.30. The van der Waals surface area contributed by atoms with Crippen molar-refractivity contribution in [3.63, 3.8) is 0 Å². The Morgan fingerprint density at radius 3 is 2.37 bits per heavy atom. The largest absolute Gasteiger partial charge is 0.497 e. The van der Waals surface area contributed by atoms with E-state index in [0.717, 1.165) is 23.5 Å². The molecule has 3 aromatic carbocycles. The molecule has 0 radical (unpaired) electrons. The van der Waals surface area contributed by atoms with Gasteiger partial charge in [-0.05, 0) is 30.3 Å². The van der Waals surface area contributed by atoms with Gasteiger partial charge in [-0.1, -0.05) is 66.7 Å².